The lowest BCUT2D eigenvalue weighted by Crippen LogP contribution is -2.33. The third-order valence-electron chi connectivity index (χ3n) is 4.87. The Kier molecular flexibility index (Phi) is 7.22. The highest BCUT2D eigenvalue weighted by Crippen LogP contribution is 2.35. The van der Waals surface area contributed by atoms with Crippen molar-refractivity contribution in [3.05, 3.63) is 47.5 Å². The number of benzene rings is 1. The first-order valence-electron chi connectivity index (χ1n) is 8.74. The first-order valence-corrected chi connectivity index (χ1v) is 8.74. The van der Waals surface area contributed by atoms with Crippen molar-refractivity contribution >= 4 is 0 Å². The SMILES string of the molecule is C/C=C/C1CCC(C(OCc2ccc(CC)cc2)C(F)F)CC1. The van der Waals surface area contributed by atoms with Gasteiger partial charge in [-0.2, -0.15) is 0 Å². The summed E-state index contributed by atoms with van der Waals surface area (Å²) < 4.78 is 32.5. The lowest BCUT2D eigenvalue weighted by atomic mass is 9.79. The standard InChI is InChI=1S/C20H28F2O/c1-3-5-16-10-12-18(13-11-16)19(20(21)22)23-14-17-8-6-15(4-2)7-9-17/h3,5-9,16,18-20H,4,10-14H2,1-2H3/b5-3+. The predicted molar refractivity (Wildman–Crippen MR) is 90.7 cm³/mol. The summed E-state index contributed by atoms with van der Waals surface area (Å²) in [7, 11) is 0. The van der Waals surface area contributed by atoms with Gasteiger partial charge in [-0.05, 0) is 62.0 Å². The third kappa shape index (κ3) is 5.42. The molecule has 0 spiro atoms. The van der Waals surface area contributed by atoms with E-state index in [0.29, 0.717) is 5.92 Å². The predicted octanol–water partition coefficient (Wildman–Crippen LogP) is 5.78. The van der Waals surface area contributed by atoms with E-state index in [9.17, 15) is 8.78 Å². The first-order chi connectivity index (χ1) is 11.1. The average Bonchev–Trinajstić information content (AvgIpc) is 2.57. The minimum absolute atomic E-state index is 0.0218. The Morgan fingerprint density at radius 3 is 2.22 bits per heavy atom. The number of ether oxygens (including phenoxy) is 1. The van der Waals surface area contributed by atoms with Crippen molar-refractivity contribution in [2.45, 2.75) is 65.1 Å². The van der Waals surface area contributed by atoms with E-state index in [-0.39, 0.29) is 12.5 Å². The van der Waals surface area contributed by atoms with Crippen molar-refractivity contribution in [2.75, 3.05) is 0 Å². The molecule has 0 aliphatic heterocycles. The van der Waals surface area contributed by atoms with Gasteiger partial charge in [-0.25, -0.2) is 8.78 Å². The highest BCUT2D eigenvalue weighted by atomic mass is 19.3. The van der Waals surface area contributed by atoms with Crippen molar-refractivity contribution in [3.8, 4) is 0 Å². The summed E-state index contributed by atoms with van der Waals surface area (Å²) in [4.78, 5) is 0. The molecule has 0 heterocycles. The molecule has 0 aromatic heterocycles. The van der Waals surface area contributed by atoms with E-state index < -0.39 is 12.5 Å². The normalized spacial score (nSPS) is 23.5. The zero-order valence-corrected chi connectivity index (χ0v) is 14.2. The highest BCUT2D eigenvalue weighted by Gasteiger charge is 2.33. The smallest absolute Gasteiger partial charge is 0.264 e. The fraction of sp³-hybridized carbons (Fsp3) is 0.600. The van der Waals surface area contributed by atoms with Crippen LogP contribution in [0.2, 0.25) is 0 Å². The van der Waals surface area contributed by atoms with E-state index in [0.717, 1.165) is 37.7 Å². The van der Waals surface area contributed by atoms with Gasteiger partial charge in [-0.1, -0.05) is 43.3 Å². The van der Waals surface area contributed by atoms with Crippen LogP contribution in [-0.4, -0.2) is 12.5 Å². The summed E-state index contributed by atoms with van der Waals surface area (Å²) in [6.45, 7) is 4.39. The maximum Gasteiger partial charge on any atom is 0.264 e. The van der Waals surface area contributed by atoms with E-state index in [1.165, 1.54) is 5.56 Å². The molecule has 1 nitrogen and oxygen atoms in total. The van der Waals surface area contributed by atoms with E-state index in [4.69, 9.17) is 4.74 Å². The third-order valence-corrected chi connectivity index (χ3v) is 4.87. The fourth-order valence-electron chi connectivity index (χ4n) is 3.42. The minimum atomic E-state index is -2.41. The second-order valence-corrected chi connectivity index (χ2v) is 6.48. The Morgan fingerprint density at radius 1 is 1.09 bits per heavy atom. The summed E-state index contributed by atoms with van der Waals surface area (Å²) in [5.41, 5.74) is 2.22. The van der Waals surface area contributed by atoms with E-state index in [1.54, 1.807) is 0 Å². The molecule has 0 N–H and O–H groups in total. The lowest BCUT2D eigenvalue weighted by Gasteiger charge is -2.32. The molecular weight excluding hydrogens is 294 g/mol. The van der Waals surface area contributed by atoms with E-state index >= 15 is 0 Å². The molecule has 2 rings (SSSR count). The van der Waals surface area contributed by atoms with Crippen LogP contribution in [0.25, 0.3) is 0 Å². The zero-order valence-electron chi connectivity index (χ0n) is 14.2. The number of halogens is 2. The van der Waals surface area contributed by atoms with Crippen LogP contribution in [-0.2, 0) is 17.8 Å². The Balaban J connectivity index is 1.88. The molecule has 1 aromatic carbocycles. The molecule has 128 valence electrons. The molecule has 23 heavy (non-hydrogen) atoms. The number of alkyl halides is 2. The van der Waals surface area contributed by atoms with Gasteiger partial charge in [0.25, 0.3) is 6.43 Å². The molecule has 1 saturated carbocycles. The zero-order chi connectivity index (χ0) is 16.7. The molecule has 0 bridgehead atoms. The highest BCUT2D eigenvalue weighted by molar-refractivity contribution is 5.21. The van der Waals surface area contributed by atoms with Crippen molar-refractivity contribution in [2.24, 2.45) is 11.8 Å². The Bertz CT molecular complexity index is 473. The summed E-state index contributed by atoms with van der Waals surface area (Å²) >= 11 is 0. The van der Waals surface area contributed by atoms with Gasteiger partial charge in [-0.15, -0.1) is 0 Å². The van der Waals surface area contributed by atoms with Gasteiger partial charge in [0.15, 0.2) is 0 Å². The van der Waals surface area contributed by atoms with Crippen LogP contribution in [0.1, 0.15) is 50.7 Å². The van der Waals surface area contributed by atoms with Crippen LogP contribution in [0, 0.1) is 11.8 Å². The Morgan fingerprint density at radius 2 is 1.70 bits per heavy atom. The molecule has 1 aliphatic rings. The van der Waals surface area contributed by atoms with Gasteiger partial charge in [0.2, 0.25) is 0 Å². The van der Waals surface area contributed by atoms with E-state index in [1.807, 2.05) is 31.2 Å². The topological polar surface area (TPSA) is 9.23 Å². The number of aryl methyl sites for hydroxylation is 1. The molecule has 1 fully saturated rings. The average molecular weight is 322 g/mol. The monoisotopic (exact) mass is 322 g/mol. The van der Waals surface area contributed by atoms with Crippen LogP contribution in [0.5, 0.6) is 0 Å². The molecule has 0 radical (unpaired) electrons. The van der Waals surface area contributed by atoms with Crippen molar-refractivity contribution < 1.29 is 13.5 Å². The van der Waals surface area contributed by atoms with Crippen LogP contribution >= 0.6 is 0 Å². The Labute approximate surface area is 138 Å². The largest absolute Gasteiger partial charge is 0.367 e. The van der Waals surface area contributed by atoms with Crippen LogP contribution in [0.15, 0.2) is 36.4 Å². The van der Waals surface area contributed by atoms with Crippen LogP contribution in [0.3, 0.4) is 0 Å². The van der Waals surface area contributed by atoms with Crippen molar-refractivity contribution in [1.29, 1.82) is 0 Å². The maximum atomic E-state index is 13.4. The molecule has 0 saturated heterocycles. The maximum absolute atomic E-state index is 13.4. The van der Waals surface area contributed by atoms with Crippen LogP contribution in [0.4, 0.5) is 8.78 Å². The summed E-state index contributed by atoms with van der Waals surface area (Å²) in [6.07, 6.45) is 5.55. The van der Waals surface area contributed by atoms with E-state index in [2.05, 4.69) is 19.1 Å². The van der Waals surface area contributed by atoms with Crippen molar-refractivity contribution in [1.82, 2.24) is 0 Å². The molecule has 0 amide bonds. The Hall–Kier alpha value is -1.22. The molecule has 1 atom stereocenters. The summed E-state index contributed by atoms with van der Waals surface area (Å²) in [5.74, 6) is 0.530. The number of hydrogen-bond acceptors (Lipinski definition) is 1. The lowest BCUT2D eigenvalue weighted by molar-refractivity contribution is -0.101. The summed E-state index contributed by atoms with van der Waals surface area (Å²) in [6, 6.07) is 8.03. The minimum Gasteiger partial charge on any atom is -0.367 e. The summed E-state index contributed by atoms with van der Waals surface area (Å²) in [5, 5.41) is 0. The fourth-order valence-corrected chi connectivity index (χ4v) is 3.42. The molecule has 3 heteroatoms. The van der Waals surface area contributed by atoms with Gasteiger partial charge in [0.1, 0.15) is 6.10 Å². The van der Waals surface area contributed by atoms with Gasteiger partial charge in [0.05, 0.1) is 6.61 Å². The van der Waals surface area contributed by atoms with Crippen molar-refractivity contribution in [3.63, 3.8) is 0 Å². The van der Waals surface area contributed by atoms with Gasteiger partial charge in [-0.3, -0.25) is 0 Å². The number of hydrogen-bond donors (Lipinski definition) is 0. The van der Waals surface area contributed by atoms with Crippen LogP contribution < -0.4 is 0 Å². The number of allylic oxidation sites excluding steroid dienone is 2. The molecule has 1 aliphatic carbocycles. The second kappa shape index (κ2) is 9.17. The van der Waals surface area contributed by atoms with Gasteiger partial charge >= 0.3 is 0 Å². The van der Waals surface area contributed by atoms with Gasteiger partial charge in [0, 0.05) is 0 Å². The first kappa shape index (κ1) is 18.1. The molecule has 1 unspecified atom stereocenters. The quantitative estimate of drug-likeness (QED) is 0.578. The van der Waals surface area contributed by atoms with Gasteiger partial charge < -0.3 is 4.74 Å². The number of rotatable bonds is 7. The second-order valence-electron chi connectivity index (χ2n) is 6.48. The molecular formula is C20H28F2O. The molecule has 1 aromatic rings.